The van der Waals surface area contributed by atoms with Crippen LogP contribution in [0.5, 0.6) is 0 Å². The summed E-state index contributed by atoms with van der Waals surface area (Å²) in [4.78, 5) is 9.44. The molecule has 0 rings (SSSR count). The van der Waals surface area contributed by atoms with Crippen LogP contribution in [0.4, 0.5) is 0 Å². The fraction of sp³-hybridized carbons (Fsp3) is 0.714. The summed E-state index contributed by atoms with van der Waals surface area (Å²) in [6.45, 7) is 5.04. The Kier molecular flexibility index (Phi) is 12.5. The molecule has 2 heteroatoms. The topological polar surface area (TPSA) is 40.9 Å². The standard InChI is InChI=1S/C4H7N.C3H6O/c1-2-3-4-5;1-3(2)4/h2-3H2,1H3;1-2H3. The third-order valence-electron chi connectivity index (χ3n) is 0.362. The lowest BCUT2D eigenvalue weighted by molar-refractivity contribution is -0.114. The number of rotatable bonds is 1. The molecule has 0 N–H and O–H groups in total. The van der Waals surface area contributed by atoms with E-state index in [0.717, 1.165) is 6.42 Å². The Morgan fingerprint density at radius 1 is 1.56 bits per heavy atom. The van der Waals surface area contributed by atoms with Crippen molar-refractivity contribution in [1.29, 1.82) is 5.26 Å². The van der Waals surface area contributed by atoms with Crippen LogP contribution in [-0.4, -0.2) is 5.78 Å². The van der Waals surface area contributed by atoms with Crippen LogP contribution in [0.1, 0.15) is 33.6 Å². The maximum atomic E-state index is 9.44. The molecule has 0 aliphatic carbocycles. The predicted octanol–water partition coefficient (Wildman–Crippen LogP) is 1.91. The molecule has 0 aliphatic rings. The molecule has 0 aromatic rings. The summed E-state index contributed by atoms with van der Waals surface area (Å²) >= 11 is 0. The molecule has 0 unspecified atom stereocenters. The van der Waals surface area contributed by atoms with Gasteiger partial charge in [-0.1, -0.05) is 6.92 Å². The van der Waals surface area contributed by atoms with Crippen LogP contribution in [-0.2, 0) is 4.79 Å². The van der Waals surface area contributed by atoms with Gasteiger partial charge in [0.1, 0.15) is 5.78 Å². The maximum absolute atomic E-state index is 9.44. The second-order valence-corrected chi connectivity index (χ2v) is 1.82. The van der Waals surface area contributed by atoms with Crippen LogP contribution in [0, 0.1) is 11.3 Å². The van der Waals surface area contributed by atoms with Gasteiger partial charge in [0.2, 0.25) is 0 Å². The van der Waals surface area contributed by atoms with Gasteiger partial charge in [-0.05, 0) is 20.3 Å². The average Bonchev–Trinajstić information content (AvgIpc) is 1.66. The third kappa shape index (κ3) is 142. The van der Waals surface area contributed by atoms with E-state index in [2.05, 4.69) is 0 Å². The van der Waals surface area contributed by atoms with Crippen molar-refractivity contribution in [2.45, 2.75) is 33.6 Å². The molecular formula is C7H13NO. The van der Waals surface area contributed by atoms with E-state index in [9.17, 15) is 4.79 Å². The summed E-state index contributed by atoms with van der Waals surface area (Å²) in [6, 6.07) is 2.02. The first-order valence-electron chi connectivity index (χ1n) is 2.99. The molecule has 0 amide bonds. The molecular weight excluding hydrogens is 114 g/mol. The summed E-state index contributed by atoms with van der Waals surface area (Å²) in [6.07, 6.45) is 1.68. The van der Waals surface area contributed by atoms with E-state index < -0.39 is 0 Å². The Hall–Kier alpha value is -0.840. The number of nitrogens with zero attached hydrogens (tertiary/aromatic N) is 1. The largest absolute Gasteiger partial charge is 0.300 e. The Bertz CT molecular complexity index is 98.0. The summed E-state index contributed by atoms with van der Waals surface area (Å²) < 4.78 is 0. The highest BCUT2D eigenvalue weighted by Gasteiger charge is 1.65. The smallest absolute Gasteiger partial charge is 0.126 e. The molecule has 0 spiro atoms. The van der Waals surface area contributed by atoms with Crippen molar-refractivity contribution in [2.24, 2.45) is 0 Å². The normalized spacial score (nSPS) is 6.44. The lowest BCUT2D eigenvalue weighted by atomic mass is 10.4. The SMILES string of the molecule is CC(C)=O.CCCC#N. The van der Waals surface area contributed by atoms with E-state index in [0.29, 0.717) is 6.42 Å². The average molecular weight is 127 g/mol. The fourth-order valence-electron chi connectivity index (χ4n) is 0.112. The maximum Gasteiger partial charge on any atom is 0.126 e. The first-order valence-corrected chi connectivity index (χ1v) is 2.99. The number of carbonyl (C=O) groups excluding carboxylic acids is 1. The van der Waals surface area contributed by atoms with Crippen molar-refractivity contribution in [3.8, 4) is 6.07 Å². The summed E-state index contributed by atoms with van der Waals surface area (Å²) in [5.74, 6) is 0.167. The van der Waals surface area contributed by atoms with Gasteiger partial charge in [-0.3, -0.25) is 0 Å². The van der Waals surface area contributed by atoms with Crippen LogP contribution in [0.2, 0.25) is 0 Å². The van der Waals surface area contributed by atoms with E-state index in [4.69, 9.17) is 5.26 Å². The Morgan fingerprint density at radius 2 is 1.89 bits per heavy atom. The Morgan fingerprint density at radius 3 is 1.89 bits per heavy atom. The molecule has 0 aromatic heterocycles. The number of Topliss-reactive ketones (excluding diaryl/α,β-unsaturated/α-hetero) is 1. The van der Waals surface area contributed by atoms with Crippen molar-refractivity contribution in [2.75, 3.05) is 0 Å². The number of ketones is 1. The number of hydrogen-bond acceptors (Lipinski definition) is 2. The summed E-state index contributed by atoms with van der Waals surface area (Å²) in [5.41, 5.74) is 0. The molecule has 0 saturated carbocycles. The van der Waals surface area contributed by atoms with E-state index in [1.807, 2.05) is 13.0 Å². The van der Waals surface area contributed by atoms with Gasteiger partial charge >= 0.3 is 0 Å². The first-order chi connectivity index (χ1) is 4.15. The minimum atomic E-state index is 0.167. The van der Waals surface area contributed by atoms with E-state index in [-0.39, 0.29) is 5.78 Å². The van der Waals surface area contributed by atoms with Crippen molar-refractivity contribution in [1.82, 2.24) is 0 Å². The van der Waals surface area contributed by atoms with Crippen molar-refractivity contribution in [3.05, 3.63) is 0 Å². The van der Waals surface area contributed by atoms with Crippen LogP contribution < -0.4 is 0 Å². The molecule has 0 heterocycles. The lowest BCUT2D eigenvalue weighted by Gasteiger charge is -1.65. The molecule has 52 valence electrons. The van der Waals surface area contributed by atoms with E-state index in [1.54, 1.807) is 0 Å². The molecule has 0 atom stereocenters. The molecule has 0 aliphatic heterocycles. The molecule has 0 bridgehead atoms. The van der Waals surface area contributed by atoms with Gasteiger partial charge in [0, 0.05) is 6.42 Å². The van der Waals surface area contributed by atoms with Gasteiger partial charge < -0.3 is 4.79 Å². The molecule has 9 heavy (non-hydrogen) atoms. The highest BCUT2D eigenvalue weighted by atomic mass is 16.1. The monoisotopic (exact) mass is 127 g/mol. The number of carbonyl (C=O) groups is 1. The van der Waals surface area contributed by atoms with Crippen LogP contribution >= 0.6 is 0 Å². The molecule has 2 nitrogen and oxygen atoms in total. The minimum Gasteiger partial charge on any atom is -0.300 e. The fourth-order valence-corrected chi connectivity index (χ4v) is 0.112. The molecule has 0 fully saturated rings. The van der Waals surface area contributed by atoms with Gasteiger partial charge in [-0.25, -0.2) is 0 Å². The van der Waals surface area contributed by atoms with E-state index in [1.165, 1.54) is 13.8 Å². The highest BCUT2D eigenvalue weighted by molar-refractivity contribution is 5.72. The zero-order valence-electron chi connectivity index (χ0n) is 6.27. The van der Waals surface area contributed by atoms with Crippen LogP contribution in [0.25, 0.3) is 0 Å². The third-order valence-corrected chi connectivity index (χ3v) is 0.362. The highest BCUT2D eigenvalue weighted by Crippen LogP contribution is 1.77. The van der Waals surface area contributed by atoms with E-state index >= 15 is 0 Å². The molecule has 0 saturated heterocycles. The molecule has 0 aromatic carbocycles. The summed E-state index contributed by atoms with van der Waals surface area (Å²) in [7, 11) is 0. The van der Waals surface area contributed by atoms with Crippen molar-refractivity contribution >= 4 is 5.78 Å². The predicted molar refractivity (Wildman–Crippen MR) is 36.9 cm³/mol. The van der Waals surface area contributed by atoms with Crippen LogP contribution in [0.3, 0.4) is 0 Å². The van der Waals surface area contributed by atoms with Gasteiger partial charge in [0.25, 0.3) is 0 Å². The minimum absolute atomic E-state index is 0.167. The summed E-state index contributed by atoms with van der Waals surface area (Å²) in [5, 5.41) is 7.82. The second kappa shape index (κ2) is 10.2. The zero-order chi connectivity index (χ0) is 7.70. The first kappa shape index (κ1) is 11.0. The Balaban J connectivity index is 0. The number of nitriles is 1. The zero-order valence-corrected chi connectivity index (χ0v) is 6.27. The van der Waals surface area contributed by atoms with Crippen molar-refractivity contribution < 1.29 is 4.79 Å². The molecule has 0 radical (unpaired) electrons. The lowest BCUT2D eigenvalue weighted by Crippen LogP contribution is -1.69. The van der Waals surface area contributed by atoms with Gasteiger partial charge in [-0.15, -0.1) is 0 Å². The number of hydrogen-bond donors (Lipinski definition) is 0. The Labute approximate surface area is 56.5 Å². The quantitative estimate of drug-likeness (QED) is 0.539. The van der Waals surface area contributed by atoms with Gasteiger partial charge in [0.15, 0.2) is 0 Å². The van der Waals surface area contributed by atoms with Crippen molar-refractivity contribution in [3.63, 3.8) is 0 Å². The second-order valence-electron chi connectivity index (χ2n) is 1.82. The number of unbranched alkanes of at least 4 members (excludes halogenated alkanes) is 1. The van der Waals surface area contributed by atoms with Gasteiger partial charge in [-0.2, -0.15) is 5.26 Å². The van der Waals surface area contributed by atoms with Crippen LogP contribution in [0.15, 0.2) is 0 Å². The van der Waals surface area contributed by atoms with Gasteiger partial charge in [0.05, 0.1) is 6.07 Å².